The normalized spacial score (nSPS) is 23.9. The van der Waals surface area contributed by atoms with Gasteiger partial charge in [-0.05, 0) is 49.3 Å². The Hall–Kier alpha value is -0.870. The predicted octanol–water partition coefficient (Wildman–Crippen LogP) is 3.24. The third-order valence-electron chi connectivity index (χ3n) is 4.44. The van der Waals surface area contributed by atoms with Crippen LogP contribution in [0.1, 0.15) is 43.7 Å². The van der Waals surface area contributed by atoms with Gasteiger partial charge in [0, 0.05) is 23.5 Å². The van der Waals surface area contributed by atoms with Crippen molar-refractivity contribution in [3.8, 4) is 0 Å². The van der Waals surface area contributed by atoms with E-state index in [9.17, 15) is 4.79 Å². The molecule has 1 amide bonds. The van der Waals surface area contributed by atoms with E-state index in [1.165, 1.54) is 18.4 Å². The quantitative estimate of drug-likeness (QED) is 0.917. The van der Waals surface area contributed by atoms with Crippen molar-refractivity contribution in [2.24, 2.45) is 11.7 Å². The van der Waals surface area contributed by atoms with Gasteiger partial charge in [0.05, 0.1) is 6.04 Å². The van der Waals surface area contributed by atoms with Crippen LogP contribution in [0, 0.1) is 5.92 Å². The number of carbonyl (C=O) groups excluding carboxylic acids is 1. The minimum Gasteiger partial charge on any atom is -0.336 e. The molecule has 0 radical (unpaired) electrons. The first-order valence-corrected chi connectivity index (χ1v) is 8.25. The molecule has 2 N–H and O–H groups in total. The van der Waals surface area contributed by atoms with E-state index in [2.05, 4.69) is 28.1 Å². The molecular formula is C16H21BrN2O. The minimum atomic E-state index is 0.0614. The molecule has 1 aliphatic heterocycles. The minimum absolute atomic E-state index is 0.0614. The van der Waals surface area contributed by atoms with Gasteiger partial charge in [-0.1, -0.05) is 28.1 Å². The van der Waals surface area contributed by atoms with Crippen LogP contribution in [0.5, 0.6) is 0 Å². The Morgan fingerprint density at radius 2 is 2.20 bits per heavy atom. The van der Waals surface area contributed by atoms with Gasteiger partial charge in [-0.3, -0.25) is 4.79 Å². The average molecular weight is 337 g/mol. The maximum Gasteiger partial charge on any atom is 0.224 e. The first-order chi connectivity index (χ1) is 9.65. The van der Waals surface area contributed by atoms with Crippen molar-refractivity contribution in [1.82, 2.24) is 4.90 Å². The molecule has 3 rings (SSSR count). The Labute approximate surface area is 128 Å². The largest absolute Gasteiger partial charge is 0.336 e. The smallest absolute Gasteiger partial charge is 0.224 e. The molecular weight excluding hydrogens is 316 g/mol. The fraction of sp³-hybridized carbons (Fsp3) is 0.562. The lowest BCUT2D eigenvalue weighted by atomic mass is 10.0. The molecule has 0 spiro atoms. The van der Waals surface area contributed by atoms with Crippen molar-refractivity contribution in [2.75, 3.05) is 6.54 Å². The molecule has 1 saturated heterocycles. The van der Waals surface area contributed by atoms with E-state index in [1.54, 1.807) is 0 Å². The average Bonchev–Trinajstić information content (AvgIpc) is 3.15. The first-order valence-electron chi connectivity index (χ1n) is 7.45. The standard InChI is InChI=1S/C16H21BrN2O/c17-13-4-1-3-12(9-13)15-5-2-8-19(15)16(20)10-14(18)11-6-7-11/h1,3-4,9,11,14-15H,2,5-8,10,18H2. The van der Waals surface area contributed by atoms with Gasteiger partial charge < -0.3 is 10.6 Å². The molecule has 3 nitrogen and oxygen atoms in total. The Balaban J connectivity index is 1.69. The fourth-order valence-corrected chi connectivity index (χ4v) is 3.55. The first kappa shape index (κ1) is 14.1. The molecule has 4 heteroatoms. The third kappa shape index (κ3) is 3.07. The number of halogens is 1. The molecule has 2 fully saturated rings. The van der Waals surface area contributed by atoms with Crippen LogP contribution < -0.4 is 5.73 Å². The second-order valence-electron chi connectivity index (χ2n) is 6.01. The topological polar surface area (TPSA) is 46.3 Å². The van der Waals surface area contributed by atoms with Crippen LogP contribution >= 0.6 is 15.9 Å². The highest BCUT2D eigenvalue weighted by Crippen LogP contribution is 2.36. The van der Waals surface area contributed by atoms with E-state index >= 15 is 0 Å². The van der Waals surface area contributed by atoms with Crippen LogP contribution in [0.4, 0.5) is 0 Å². The number of hydrogen-bond acceptors (Lipinski definition) is 2. The summed E-state index contributed by atoms with van der Waals surface area (Å²) in [5.41, 5.74) is 7.33. The van der Waals surface area contributed by atoms with Gasteiger partial charge in [-0.2, -0.15) is 0 Å². The summed E-state index contributed by atoms with van der Waals surface area (Å²) in [5.74, 6) is 0.817. The zero-order valence-electron chi connectivity index (χ0n) is 11.6. The van der Waals surface area contributed by atoms with E-state index in [1.807, 2.05) is 17.0 Å². The van der Waals surface area contributed by atoms with E-state index in [0.29, 0.717) is 12.3 Å². The van der Waals surface area contributed by atoms with Crippen LogP contribution in [0.2, 0.25) is 0 Å². The van der Waals surface area contributed by atoms with Gasteiger partial charge in [-0.15, -0.1) is 0 Å². The molecule has 2 unspecified atom stereocenters. The molecule has 1 aliphatic carbocycles. The van der Waals surface area contributed by atoms with Crippen LogP contribution in [-0.2, 0) is 4.79 Å². The van der Waals surface area contributed by atoms with E-state index in [4.69, 9.17) is 5.73 Å². The second kappa shape index (κ2) is 5.86. The van der Waals surface area contributed by atoms with Crippen molar-refractivity contribution >= 4 is 21.8 Å². The highest BCUT2D eigenvalue weighted by atomic mass is 79.9. The van der Waals surface area contributed by atoms with E-state index in [0.717, 1.165) is 23.9 Å². The maximum absolute atomic E-state index is 12.5. The molecule has 2 atom stereocenters. The summed E-state index contributed by atoms with van der Waals surface area (Å²) in [6.07, 6.45) is 5.05. The monoisotopic (exact) mass is 336 g/mol. The molecule has 0 bridgehead atoms. The molecule has 1 saturated carbocycles. The highest BCUT2D eigenvalue weighted by molar-refractivity contribution is 9.10. The predicted molar refractivity (Wildman–Crippen MR) is 83.1 cm³/mol. The Morgan fingerprint density at radius 1 is 1.40 bits per heavy atom. The summed E-state index contributed by atoms with van der Waals surface area (Å²) in [7, 11) is 0. The van der Waals surface area contributed by atoms with Crippen molar-refractivity contribution in [1.29, 1.82) is 0 Å². The Kier molecular flexibility index (Phi) is 4.13. The Morgan fingerprint density at radius 3 is 2.90 bits per heavy atom. The molecule has 1 aromatic rings. The summed E-state index contributed by atoms with van der Waals surface area (Å²) in [5, 5.41) is 0. The van der Waals surface area contributed by atoms with Crippen molar-refractivity contribution in [2.45, 2.75) is 44.2 Å². The van der Waals surface area contributed by atoms with Gasteiger partial charge >= 0.3 is 0 Å². The molecule has 0 aromatic heterocycles. The Bertz CT molecular complexity index is 501. The van der Waals surface area contributed by atoms with Crippen molar-refractivity contribution in [3.63, 3.8) is 0 Å². The number of hydrogen-bond donors (Lipinski definition) is 1. The van der Waals surface area contributed by atoms with E-state index in [-0.39, 0.29) is 18.0 Å². The number of benzene rings is 1. The summed E-state index contributed by atoms with van der Waals surface area (Å²) in [6, 6.07) is 8.58. The van der Waals surface area contributed by atoms with Crippen LogP contribution in [0.3, 0.4) is 0 Å². The van der Waals surface area contributed by atoms with Crippen LogP contribution in [-0.4, -0.2) is 23.4 Å². The zero-order valence-corrected chi connectivity index (χ0v) is 13.2. The van der Waals surface area contributed by atoms with Gasteiger partial charge in [0.25, 0.3) is 0 Å². The van der Waals surface area contributed by atoms with Crippen LogP contribution in [0.15, 0.2) is 28.7 Å². The molecule has 1 heterocycles. The lowest BCUT2D eigenvalue weighted by Gasteiger charge is -2.26. The molecule has 108 valence electrons. The molecule has 2 aliphatic rings. The third-order valence-corrected chi connectivity index (χ3v) is 4.94. The van der Waals surface area contributed by atoms with Gasteiger partial charge in [0.15, 0.2) is 0 Å². The van der Waals surface area contributed by atoms with Crippen molar-refractivity contribution in [3.05, 3.63) is 34.3 Å². The fourth-order valence-electron chi connectivity index (χ4n) is 3.14. The highest BCUT2D eigenvalue weighted by Gasteiger charge is 2.34. The number of nitrogens with two attached hydrogens (primary N) is 1. The second-order valence-corrected chi connectivity index (χ2v) is 6.92. The number of nitrogens with zero attached hydrogens (tertiary/aromatic N) is 1. The lowest BCUT2D eigenvalue weighted by molar-refractivity contribution is -0.132. The molecule has 1 aromatic carbocycles. The summed E-state index contributed by atoms with van der Waals surface area (Å²) < 4.78 is 1.07. The zero-order chi connectivity index (χ0) is 14.1. The number of likely N-dealkylation sites (tertiary alicyclic amines) is 1. The maximum atomic E-state index is 12.5. The summed E-state index contributed by atoms with van der Waals surface area (Å²) in [6.45, 7) is 0.868. The van der Waals surface area contributed by atoms with Gasteiger partial charge in [0.1, 0.15) is 0 Å². The van der Waals surface area contributed by atoms with Crippen molar-refractivity contribution < 1.29 is 4.79 Å². The van der Waals surface area contributed by atoms with Gasteiger partial charge in [0.2, 0.25) is 5.91 Å². The van der Waals surface area contributed by atoms with Gasteiger partial charge in [-0.25, -0.2) is 0 Å². The SMILES string of the molecule is NC(CC(=O)N1CCCC1c1cccc(Br)c1)C1CC1. The number of amides is 1. The number of rotatable bonds is 4. The number of carbonyl (C=O) groups is 1. The summed E-state index contributed by atoms with van der Waals surface area (Å²) in [4.78, 5) is 14.5. The van der Waals surface area contributed by atoms with Crippen LogP contribution in [0.25, 0.3) is 0 Å². The molecule has 20 heavy (non-hydrogen) atoms. The van der Waals surface area contributed by atoms with E-state index < -0.39 is 0 Å². The lowest BCUT2D eigenvalue weighted by Crippen LogP contribution is -2.36. The summed E-state index contributed by atoms with van der Waals surface area (Å²) >= 11 is 3.51.